The van der Waals surface area contributed by atoms with Crippen molar-refractivity contribution < 1.29 is 19.3 Å². The van der Waals surface area contributed by atoms with E-state index in [-0.39, 0.29) is 23.4 Å². The Kier molecular flexibility index (Phi) is 14.1. The summed E-state index contributed by atoms with van der Waals surface area (Å²) in [6.07, 6.45) is 6.72. The predicted octanol–water partition coefficient (Wildman–Crippen LogP) is 4.53. The van der Waals surface area contributed by atoms with E-state index < -0.39 is 0 Å². The molecule has 0 aliphatic heterocycles. The van der Waals surface area contributed by atoms with Crippen LogP contribution in [0.15, 0.2) is 34.6 Å². The number of unbranched alkanes of at least 4 members (excludes halogenated alkanes) is 4. The van der Waals surface area contributed by atoms with E-state index in [0.29, 0.717) is 34.9 Å². The molecule has 0 aliphatic carbocycles. The molecule has 0 fully saturated rings. The van der Waals surface area contributed by atoms with E-state index in [9.17, 15) is 9.59 Å². The van der Waals surface area contributed by atoms with Crippen molar-refractivity contribution in [1.29, 1.82) is 0 Å². The molecule has 12 heteroatoms. The molecule has 1 amide bonds. The largest absolute Gasteiger partial charge is 0.399 e. The summed E-state index contributed by atoms with van der Waals surface area (Å²) >= 11 is 2.33. The lowest BCUT2D eigenvalue weighted by Crippen LogP contribution is -2.28. The van der Waals surface area contributed by atoms with Crippen molar-refractivity contribution in [3.63, 3.8) is 0 Å². The van der Waals surface area contributed by atoms with Gasteiger partial charge in [-0.2, -0.15) is 15.0 Å². The molecule has 0 spiro atoms. The van der Waals surface area contributed by atoms with Crippen LogP contribution in [0.1, 0.15) is 52.4 Å². The average Bonchev–Trinajstić information content (AvgIpc) is 2.86. The Labute approximate surface area is 215 Å². The van der Waals surface area contributed by atoms with Gasteiger partial charge < -0.3 is 15.8 Å². The van der Waals surface area contributed by atoms with Crippen LogP contribution in [0.2, 0.25) is 0 Å². The molecule has 1 aromatic heterocycles. The number of nitrogens with two attached hydrogens (primary N) is 1. The Balaban J connectivity index is 2.11. The molecule has 35 heavy (non-hydrogen) atoms. The van der Waals surface area contributed by atoms with Crippen LogP contribution in [0.5, 0.6) is 0 Å². The molecule has 0 unspecified atom stereocenters. The number of thioether (sulfide) groups is 2. The van der Waals surface area contributed by atoms with Gasteiger partial charge in [0.15, 0.2) is 10.3 Å². The van der Waals surface area contributed by atoms with Gasteiger partial charge in [0.2, 0.25) is 5.91 Å². The molecule has 3 N–H and O–H groups in total. The van der Waals surface area contributed by atoms with E-state index in [1.54, 1.807) is 24.3 Å². The number of aromatic nitrogens is 3. The third-order valence-corrected chi connectivity index (χ3v) is 6.06. The third-order valence-electron chi connectivity index (χ3n) is 4.47. The molecule has 0 atom stereocenters. The second-order valence-corrected chi connectivity index (χ2v) is 9.40. The summed E-state index contributed by atoms with van der Waals surface area (Å²) < 4.78 is 0. The lowest BCUT2D eigenvalue weighted by Gasteiger charge is -2.21. The van der Waals surface area contributed by atoms with Crippen molar-refractivity contribution in [1.82, 2.24) is 15.0 Å². The topological polar surface area (TPSA) is 133 Å². The van der Waals surface area contributed by atoms with E-state index >= 15 is 0 Å². The third kappa shape index (κ3) is 11.7. The fourth-order valence-corrected chi connectivity index (χ4v) is 3.89. The summed E-state index contributed by atoms with van der Waals surface area (Å²) in [6.45, 7) is 5.15. The van der Waals surface area contributed by atoms with Crippen molar-refractivity contribution in [2.45, 2.75) is 62.7 Å². The smallest absolute Gasteiger partial charge is 0.282 e. The van der Waals surface area contributed by atoms with Crippen LogP contribution in [0.25, 0.3) is 0 Å². The standard InChI is InChI=1S/C23H34N6O4S2/c1-3-5-7-14-32-29(33-15-8-6-4-2)21-26-22(34-16-13-30)28-23(27-21)35-17-20(31)25-19-11-9-18(24)10-12-19/h9-13H,3-8,14-17,24H2,1-2H3,(H,25,31). The number of carbonyl (C=O) groups is 2. The predicted molar refractivity (Wildman–Crippen MR) is 140 cm³/mol. The Hall–Kier alpha value is -2.41. The van der Waals surface area contributed by atoms with Gasteiger partial charge in [-0.1, -0.05) is 68.3 Å². The lowest BCUT2D eigenvalue weighted by atomic mass is 10.3. The number of nitrogens with zero attached hydrogens (tertiary/aromatic N) is 4. The zero-order valence-electron chi connectivity index (χ0n) is 20.3. The first-order valence-corrected chi connectivity index (χ1v) is 13.7. The molecular formula is C23H34N6O4S2. The number of rotatable bonds is 18. The maximum Gasteiger partial charge on any atom is 0.282 e. The minimum atomic E-state index is -0.215. The summed E-state index contributed by atoms with van der Waals surface area (Å²) in [5.41, 5.74) is 6.95. The van der Waals surface area contributed by atoms with Crippen LogP contribution in [-0.4, -0.2) is 51.9 Å². The number of hydrogen-bond acceptors (Lipinski definition) is 11. The second-order valence-electron chi connectivity index (χ2n) is 7.47. The van der Waals surface area contributed by atoms with Gasteiger partial charge in [0.1, 0.15) is 6.29 Å². The zero-order chi connectivity index (χ0) is 25.3. The Morgan fingerprint density at radius 2 is 1.57 bits per heavy atom. The summed E-state index contributed by atoms with van der Waals surface area (Å²) in [5.74, 6) is 0.246. The summed E-state index contributed by atoms with van der Waals surface area (Å²) in [4.78, 5) is 48.2. The van der Waals surface area contributed by atoms with Gasteiger partial charge in [-0.25, -0.2) is 9.68 Å². The fourth-order valence-electron chi connectivity index (χ4n) is 2.69. The van der Waals surface area contributed by atoms with Crippen LogP contribution in [0.4, 0.5) is 17.3 Å². The molecule has 0 saturated carbocycles. The minimum absolute atomic E-state index is 0.0837. The number of carbonyl (C=O) groups excluding carboxylic acids is 2. The zero-order valence-corrected chi connectivity index (χ0v) is 21.9. The molecule has 0 radical (unpaired) electrons. The SMILES string of the molecule is CCCCCON(OCCCCC)c1nc(SCC=O)nc(SCC(=O)Nc2ccc(N)cc2)n1. The number of benzene rings is 1. The maximum atomic E-state index is 12.4. The highest BCUT2D eigenvalue weighted by molar-refractivity contribution is 8.00. The monoisotopic (exact) mass is 522 g/mol. The van der Waals surface area contributed by atoms with Crippen molar-refractivity contribution in [3.05, 3.63) is 24.3 Å². The van der Waals surface area contributed by atoms with Crippen molar-refractivity contribution in [2.24, 2.45) is 0 Å². The molecule has 2 rings (SSSR count). The van der Waals surface area contributed by atoms with Gasteiger partial charge >= 0.3 is 0 Å². The molecular weight excluding hydrogens is 488 g/mol. The van der Waals surface area contributed by atoms with Crippen LogP contribution < -0.4 is 16.3 Å². The molecule has 0 saturated heterocycles. The Morgan fingerprint density at radius 1 is 0.971 bits per heavy atom. The van der Waals surface area contributed by atoms with Crippen LogP contribution >= 0.6 is 23.5 Å². The number of hydrogen-bond donors (Lipinski definition) is 2. The fraction of sp³-hybridized carbons (Fsp3) is 0.522. The first-order chi connectivity index (χ1) is 17.0. The maximum absolute atomic E-state index is 12.4. The first-order valence-electron chi connectivity index (χ1n) is 11.7. The second kappa shape index (κ2) is 17.1. The molecule has 0 bridgehead atoms. The van der Waals surface area contributed by atoms with Crippen molar-refractivity contribution in [2.75, 3.05) is 41.0 Å². The van der Waals surface area contributed by atoms with Crippen molar-refractivity contribution in [3.8, 4) is 0 Å². The Bertz CT molecular complexity index is 892. The van der Waals surface area contributed by atoms with Gasteiger partial charge in [-0.3, -0.25) is 4.79 Å². The molecule has 10 nitrogen and oxygen atoms in total. The van der Waals surface area contributed by atoms with Gasteiger partial charge in [-0.15, -0.1) is 0 Å². The van der Waals surface area contributed by atoms with Crippen LogP contribution in [-0.2, 0) is 19.3 Å². The Morgan fingerprint density at radius 3 is 2.14 bits per heavy atom. The highest BCUT2D eigenvalue weighted by Gasteiger charge is 2.17. The lowest BCUT2D eigenvalue weighted by molar-refractivity contribution is -0.113. The molecule has 1 aromatic carbocycles. The highest BCUT2D eigenvalue weighted by Crippen LogP contribution is 2.23. The average molecular weight is 523 g/mol. The quantitative estimate of drug-likeness (QED) is 0.0940. The van der Waals surface area contributed by atoms with Crippen LogP contribution in [0, 0.1) is 0 Å². The first kappa shape index (κ1) is 28.8. The summed E-state index contributed by atoms with van der Waals surface area (Å²) in [6, 6.07) is 6.90. The number of amides is 1. The number of nitrogen functional groups attached to an aromatic ring is 1. The van der Waals surface area contributed by atoms with Crippen LogP contribution in [0.3, 0.4) is 0 Å². The van der Waals surface area contributed by atoms with Crippen molar-refractivity contribution >= 4 is 53.0 Å². The molecule has 192 valence electrons. The number of anilines is 3. The van der Waals surface area contributed by atoms with Gasteiger partial charge in [0, 0.05) is 11.4 Å². The highest BCUT2D eigenvalue weighted by atomic mass is 32.2. The van der Waals surface area contributed by atoms with E-state index in [2.05, 4.69) is 34.1 Å². The van der Waals surface area contributed by atoms with Gasteiger partial charge in [0.05, 0.1) is 24.7 Å². The van der Waals surface area contributed by atoms with E-state index in [4.69, 9.17) is 15.4 Å². The normalized spacial score (nSPS) is 10.8. The number of aldehydes is 1. The van der Waals surface area contributed by atoms with Gasteiger partial charge in [0.25, 0.3) is 5.95 Å². The molecule has 2 aromatic rings. The van der Waals surface area contributed by atoms with E-state index in [0.717, 1.165) is 56.6 Å². The summed E-state index contributed by atoms with van der Waals surface area (Å²) in [7, 11) is 0. The molecule has 0 aliphatic rings. The van der Waals surface area contributed by atoms with Gasteiger partial charge in [-0.05, 0) is 37.1 Å². The van der Waals surface area contributed by atoms with E-state index in [1.165, 1.54) is 17.0 Å². The molecule has 1 heterocycles. The van der Waals surface area contributed by atoms with E-state index in [1.807, 2.05) is 0 Å². The number of nitrogens with one attached hydrogen (secondary N) is 1. The summed E-state index contributed by atoms with van der Waals surface area (Å²) in [5, 5.41) is 4.72. The minimum Gasteiger partial charge on any atom is -0.399 e.